The number of anilines is 3. The highest BCUT2D eigenvalue weighted by Crippen LogP contribution is 2.33. The lowest BCUT2D eigenvalue weighted by atomic mass is 10.1. The van der Waals surface area contributed by atoms with Gasteiger partial charge in [-0.25, -0.2) is 0 Å². The van der Waals surface area contributed by atoms with Crippen molar-refractivity contribution in [3.05, 3.63) is 150 Å². The maximum absolute atomic E-state index is 13.8. The molecule has 0 saturated heterocycles. The first-order chi connectivity index (χ1) is 23.4. The van der Waals surface area contributed by atoms with Crippen LogP contribution in [0.15, 0.2) is 144 Å². The van der Waals surface area contributed by atoms with Gasteiger partial charge < -0.3 is 20.1 Å². The van der Waals surface area contributed by atoms with Gasteiger partial charge in [0.15, 0.2) is 11.5 Å². The van der Waals surface area contributed by atoms with Gasteiger partial charge in [-0.1, -0.05) is 66.7 Å². The molecule has 0 aliphatic carbocycles. The van der Waals surface area contributed by atoms with Crippen LogP contribution in [0.5, 0.6) is 11.5 Å². The number of benzene rings is 5. The molecule has 5 aromatic rings. The molecule has 0 aliphatic rings. The fourth-order valence-electron chi connectivity index (χ4n) is 4.93. The Kier molecular flexibility index (Phi) is 11.3. The number of carbonyl (C=O) groups is 3. The van der Waals surface area contributed by atoms with Crippen molar-refractivity contribution in [2.45, 2.75) is 17.1 Å². The number of rotatable bonds is 12. The Morgan fingerprint density at radius 3 is 1.85 bits per heavy atom. The SMILES string of the molecule is COc1cccc(/C=C(\NC(=O)c2ccccc2)C(=O)Nc2ccc(SC(C)C(=O)N(c3ccccc3)c3ccccc3)cc2)c1OC. The van der Waals surface area contributed by atoms with Crippen LogP contribution in [0, 0.1) is 0 Å². The van der Waals surface area contributed by atoms with Gasteiger partial charge >= 0.3 is 0 Å². The molecule has 48 heavy (non-hydrogen) atoms. The average Bonchev–Trinajstić information content (AvgIpc) is 3.13. The first-order valence-electron chi connectivity index (χ1n) is 15.2. The maximum atomic E-state index is 13.8. The number of nitrogens with one attached hydrogen (secondary N) is 2. The highest BCUT2D eigenvalue weighted by molar-refractivity contribution is 8.00. The zero-order valence-electron chi connectivity index (χ0n) is 26.8. The topological polar surface area (TPSA) is 97.0 Å². The normalized spacial score (nSPS) is 11.6. The number of methoxy groups -OCH3 is 2. The number of amides is 3. The van der Waals surface area contributed by atoms with Crippen LogP contribution >= 0.6 is 11.8 Å². The molecule has 0 radical (unpaired) electrons. The van der Waals surface area contributed by atoms with E-state index < -0.39 is 17.1 Å². The summed E-state index contributed by atoms with van der Waals surface area (Å²) in [6.07, 6.45) is 1.54. The maximum Gasteiger partial charge on any atom is 0.272 e. The third-order valence-electron chi connectivity index (χ3n) is 7.28. The Bertz CT molecular complexity index is 1840. The van der Waals surface area contributed by atoms with Gasteiger partial charge in [-0.2, -0.15) is 0 Å². The fourth-order valence-corrected chi connectivity index (χ4v) is 5.84. The van der Waals surface area contributed by atoms with Crippen molar-refractivity contribution in [2.75, 3.05) is 24.4 Å². The highest BCUT2D eigenvalue weighted by Gasteiger charge is 2.24. The minimum atomic E-state index is -0.533. The van der Waals surface area contributed by atoms with E-state index in [-0.39, 0.29) is 11.6 Å². The second-order valence-corrected chi connectivity index (χ2v) is 12.0. The van der Waals surface area contributed by atoms with Gasteiger partial charge in [0, 0.05) is 33.1 Å². The van der Waals surface area contributed by atoms with Gasteiger partial charge in [0.1, 0.15) is 5.70 Å². The number of thioether (sulfide) groups is 1. The molecule has 0 aliphatic heterocycles. The summed E-state index contributed by atoms with van der Waals surface area (Å²) in [5.74, 6) is -0.135. The summed E-state index contributed by atoms with van der Waals surface area (Å²) in [5, 5.41) is 5.21. The Morgan fingerprint density at radius 2 is 1.29 bits per heavy atom. The first-order valence-corrected chi connectivity index (χ1v) is 16.1. The van der Waals surface area contributed by atoms with E-state index in [1.54, 1.807) is 65.6 Å². The van der Waals surface area contributed by atoms with Crippen molar-refractivity contribution in [2.24, 2.45) is 0 Å². The minimum absolute atomic E-state index is 0.00925. The molecule has 5 aromatic carbocycles. The summed E-state index contributed by atoms with van der Waals surface area (Å²) in [5.41, 5.74) is 3.03. The fraction of sp³-hybridized carbons (Fsp3) is 0.103. The van der Waals surface area contributed by atoms with Crippen LogP contribution in [0.4, 0.5) is 17.1 Å². The molecule has 5 rings (SSSR count). The standard InChI is InChI=1S/C39H35N3O5S/c1-27(39(45)42(31-17-9-5-10-18-31)32-19-11-6-12-20-32)48-33-24-22-30(23-25-33)40-38(44)34(41-37(43)28-14-7-4-8-15-28)26-29-16-13-21-35(46-2)36(29)47-3/h4-27H,1-3H3,(H,40,44)(H,41,43)/b34-26-. The second kappa shape index (κ2) is 16.2. The number of carbonyl (C=O) groups excluding carboxylic acids is 3. The van der Waals surface area contributed by atoms with E-state index >= 15 is 0 Å². The molecule has 1 unspecified atom stereocenters. The van der Waals surface area contributed by atoms with E-state index in [0.717, 1.165) is 16.3 Å². The van der Waals surface area contributed by atoms with Gasteiger partial charge in [-0.15, -0.1) is 11.8 Å². The van der Waals surface area contributed by atoms with Crippen molar-refractivity contribution in [1.82, 2.24) is 5.32 Å². The molecule has 242 valence electrons. The van der Waals surface area contributed by atoms with Crippen molar-refractivity contribution < 1.29 is 23.9 Å². The Hall–Kier alpha value is -5.80. The molecule has 0 fully saturated rings. The van der Waals surface area contributed by atoms with Crippen LogP contribution < -0.4 is 25.0 Å². The van der Waals surface area contributed by atoms with Crippen molar-refractivity contribution in [3.8, 4) is 11.5 Å². The lowest BCUT2D eigenvalue weighted by Gasteiger charge is -2.26. The molecule has 3 amide bonds. The number of hydrogen-bond acceptors (Lipinski definition) is 6. The van der Waals surface area contributed by atoms with Crippen LogP contribution in [0.1, 0.15) is 22.8 Å². The third kappa shape index (κ3) is 8.31. The summed E-state index contributed by atoms with van der Waals surface area (Å²) in [7, 11) is 3.03. The van der Waals surface area contributed by atoms with Crippen LogP contribution in [0.2, 0.25) is 0 Å². The van der Waals surface area contributed by atoms with E-state index in [4.69, 9.17) is 9.47 Å². The summed E-state index contributed by atoms with van der Waals surface area (Å²) in [4.78, 5) is 43.0. The highest BCUT2D eigenvalue weighted by atomic mass is 32.2. The molecule has 9 heteroatoms. The molecular weight excluding hydrogens is 623 g/mol. The Balaban J connectivity index is 1.33. The predicted molar refractivity (Wildman–Crippen MR) is 192 cm³/mol. The Morgan fingerprint density at radius 1 is 0.708 bits per heavy atom. The molecule has 0 heterocycles. The van der Waals surface area contributed by atoms with E-state index in [1.165, 1.54) is 26.0 Å². The van der Waals surface area contributed by atoms with Crippen molar-refractivity contribution >= 4 is 52.6 Å². The lowest BCUT2D eigenvalue weighted by molar-refractivity contribution is -0.117. The van der Waals surface area contributed by atoms with Gasteiger partial charge in [0.25, 0.3) is 11.8 Å². The number of ether oxygens (including phenoxy) is 2. The monoisotopic (exact) mass is 657 g/mol. The van der Waals surface area contributed by atoms with Crippen LogP contribution in [-0.2, 0) is 9.59 Å². The number of para-hydroxylation sites is 3. The minimum Gasteiger partial charge on any atom is -0.493 e. The zero-order chi connectivity index (χ0) is 33.9. The molecule has 2 N–H and O–H groups in total. The third-order valence-corrected chi connectivity index (χ3v) is 8.38. The van der Waals surface area contributed by atoms with E-state index in [2.05, 4.69) is 10.6 Å². The summed E-state index contributed by atoms with van der Waals surface area (Å²) < 4.78 is 10.9. The average molecular weight is 658 g/mol. The molecule has 1 atom stereocenters. The smallest absolute Gasteiger partial charge is 0.272 e. The lowest BCUT2D eigenvalue weighted by Crippen LogP contribution is -2.32. The predicted octanol–water partition coefficient (Wildman–Crippen LogP) is 7.96. The first kappa shape index (κ1) is 33.6. The van der Waals surface area contributed by atoms with E-state index in [0.29, 0.717) is 28.3 Å². The summed E-state index contributed by atoms with van der Waals surface area (Å²) >= 11 is 1.42. The number of hydrogen-bond donors (Lipinski definition) is 2. The van der Waals surface area contributed by atoms with Crippen LogP contribution in [0.25, 0.3) is 6.08 Å². The largest absolute Gasteiger partial charge is 0.493 e. The molecule has 0 aromatic heterocycles. The zero-order valence-corrected chi connectivity index (χ0v) is 27.6. The van der Waals surface area contributed by atoms with Gasteiger partial charge in [-0.3, -0.25) is 19.3 Å². The summed E-state index contributed by atoms with van der Waals surface area (Å²) in [6.45, 7) is 1.88. The van der Waals surface area contributed by atoms with Crippen molar-refractivity contribution in [3.63, 3.8) is 0 Å². The van der Waals surface area contributed by atoms with Gasteiger partial charge in [0.05, 0.1) is 19.5 Å². The number of nitrogens with zero attached hydrogens (tertiary/aromatic N) is 1. The van der Waals surface area contributed by atoms with E-state index in [9.17, 15) is 14.4 Å². The molecule has 0 saturated carbocycles. The molecular formula is C39H35N3O5S. The van der Waals surface area contributed by atoms with Crippen molar-refractivity contribution in [1.29, 1.82) is 0 Å². The van der Waals surface area contributed by atoms with Crippen LogP contribution in [-0.4, -0.2) is 37.2 Å². The second-order valence-electron chi connectivity index (χ2n) is 10.5. The molecule has 0 bridgehead atoms. The van der Waals surface area contributed by atoms with Gasteiger partial charge in [-0.05, 0) is 79.7 Å². The summed E-state index contributed by atoms with van der Waals surface area (Å²) in [6, 6.07) is 40.2. The van der Waals surface area contributed by atoms with E-state index in [1.807, 2.05) is 85.8 Å². The van der Waals surface area contributed by atoms with Gasteiger partial charge in [0.2, 0.25) is 5.91 Å². The molecule has 8 nitrogen and oxygen atoms in total. The molecule has 0 spiro atoms. The Labute approximate surface area is 284 Å². The van der Waals surface area contributed by atoms with Crippen LogP contribution in [0.3, 0.4) is 0 Å². The quantitative estimate of drug-likeness (QED) is 0.104.